The molecule has 0 radical (unpaired) electrons. The molecular formula is C68H46N4O2. The van der Waals surface area contributed by atoms with E-state index in [0.29, 0.717) is 22.3 Å². The van der Waals surface area contributed by atoms with Crippen LogP contribution in [-0.2, 0) is 0 Å². The highest BCUT2D eigenvalue weighted by atomic mass is 16.1. The number of nitrogens with zero attached hydrogens (tertiary/aromatic N) is 4. The Morgan fingerprint density at radius 1 is 0.257 bits per heavy atom. The zero-order valence-electron chi connectivity index (χ0n) is 40.2. The molecule has 0 aliphatic heterocycles. The third-order valence-electron chi connectivity index (χ3n) is 14.1. The van der Waals surface area contributed by atoms with E-state index in [1.165, 1.54) is 0 Å². The van der Waals surface area contributed by atoms with Crippen molar-refractivity contribution in [3.05, 3.63) is 301 Å². The summed E-state index contributed by atoms with van der Waals surface area (Å²) in [5, 5.41) is 4.31. The number of fused-ring (bicyclic) bond motifs is 6. The molecule has 13 aromatic rings. The van der Waals surface area contributed by atoms with E-state index >= 15 is 0 Å². The Balaban J connectivity index is 0.847. The van der Waals surface area contributed by atoms with Crippen LogP contribution >= 0.6 is 0 Å². The Labute approximate surface area is 428 Å². The minimum Gasteiger partial charge on any atom is -0.310 e. The molecule has 0 N–H and O–H groups in total. The van der Waals surface area contributed by atoms with Gasteiger partial charge in [-0.1, -0.05) is 158 Å². The highest BCUT2D eigenvalue weighted by Gasteiger charge is 2.24. The molecule has 13 rings (SSSR count). The van der Waals surface area contributed by atoms with E-state index < -0.39 is 0 Å². The Hall–Kier alpha value is -10.0. The van der Waals surface area contributed by atoms with Crippen molar-refractivity contribution >= 4 is 89.3 Å². The van der Waals surface area contributed by atoms with Gasteiger partial charge in [-0.25, -0.2) is 0 Å². The molecule has 0 fully saturated rings. The van der Waals surface area contributed by atoms with Crippen LogP contribution in [0, 0.1) is 0 Å². The predicted octanol–water partition coefficient (Wildman–Crippen LogP) is 17.3. The molecule has 0 saturated heterocycles. The van der Waals surface area contributed by atoms with Gasteiger partial charge in [-0.3, -0.25) is 9.59 Å². The van der Waals surface area contributed by atoms with Crippen molar-refractivity contribution in [2.75, 3.05) is 9.80 Å². The maximum Gasteiger partial charge on any atom is 0.195 e. The summed E-state index contributed by atoms with van der Waals surface area (Å²) < 4.78 is 4.40. The van der Waals surface area contributed by atoms with Crippen molar-refractivity contribution in [2.45, 2.75) is 0 Å². The molecule has 0 aliphatic rings. The molecular weight excluding hydrogens is 905 g/mol. The van der Waals surface area contributed by atoms with Gasteiger partial charge < -0.3 is 18.9 Å². The number of ketones is 2. The monoisotopic (exact) mass is 950 g/mol. The number of aromatic nitrogens is 2. The number of carbonyl (C=O) groups excluding carboxylic acids is 2. The summed E-state index contributed by atoms with van der Waals surface area (Å²) in [6.07, 6.45) is 0. The first-order valence-corrected chi connectivity index (χ1v) is 24.8. The molecule has 11 aromatic carbocycles. The summed E-state index contributed by atoms with van der Waals surface area (Å²) in [6.45, 7) is 0. The smallest absolute Gasteiger partial charge is 0.195 e. The second-order valence-electron chi connectivity index (χ2n) is 18.4. The van der Waals surface area contributed by atoms with E-state index in [2.05, 4.69) is 189 Å². The zero-order chi connectivity index (χ0) is 49.5. The Bertz CT molecular complexity index is 3870. The number of anilines is 6. The lowest BCUT2D eigenvalue weighted by Crippen LogP contribution is -2.10. The molecule has 0 bridgehead atoms. The fourth-order valence-corrected chi connectivity index (χ4v) is 10.7. The van der Waals surface area contributed by atoms with Crippen LogP contribution in [0.1, 0.15) is 31.8 Å². The van der Waals surface area contributed by atoms with Crippen molar-refractivity contribution in [1.29, 1.82) is 0 Å². The van der Waals surface area contributed by atoms with Gasteiger partial charge in [-0.05, 0) is 121 Å². The Morgan fingerprint density at radius 3 is 0.919 bits per heavy atom. The van der Waals surface area contributed by atoms with Gasteiger partial charge in [0.1, 0.15) is 0 Å². The van der Waals surface area contributed by atoms with Crippen LogP contribution in [0.15, 0.2) is 279 Å². The minimum absolute atomic E-state index is 0.135. The van der Waals surface area contributed by atoms with Crippen LogP contribution in [-0.4, -0.2) is 20.7 Å². The first kappa shape index (κ1) is 43.9. The molecule has 350 valence electrons. The number of hydrogen-bond donors (Lipinski definition) is 0. The summed E-state index contributed by atoms with van der Waals surface area (Å²) in [6, 6.07) is 94.2. The van der Waals surface area contributed by atoms with Crippen molar-refractivity contribution in [3.8, 4) is 11.4 Å². The normalized spacial score (nSPS) is 11.4. The molecule has 0 saturated carbocycles. The number of hydrogen-bond acceptors (Lipinski definition) is 4. The largest absolute Gasteiger partial charge is 0.310 e. The van der Waals surface area contributed by atoms with Gasteiger partial charge >= 0.3 is 0 Å². The SMILES string of the molecule is O=C(c1ccc(C(=O)c2ccccc2-n2c3ccccc3c3cc(N(c4ccccc4)c4ccccc4)ccc32)cc1)c1ccccc1-n1c2ccccc2c2cc(N(c3ccccc3)c3ccccc3)ccc21. The van der Waals surface area contributed by atoms with E-state index in [-0.39, 0.29) is 11.6 Å². The summed E-state index contributed by atoms with van der Waals surface area (Å²) in [5.74, 6) is -0.269. The molecule has 0 aliphatic carbocycles. The fourth-order valence-electron chi connectivity index (χ4n) is 10.7. The standard InChI is InChI=1S/C68H46N4O2/c73-67(57-31-15-19-35-63(57)71-61-33-17-13-29-55(61)59-45-53(41-43-65(59)71)69(49-21-5-1-6-22-49)50-23-7-2-8-24-50)47-37-39-48(40-38-47)68(74)58-32-16-20-36-64(58)72-62-34-18-14-30-56(62)60-46-54(42-44-66(60)72)70(51-25-9-3-10-26-51)52-27-11-4-12-28-52/h1-46H. The Morgan fingerprint density at radius 2 is 0.554 bits per heavy atom. The van der Waals surface area contributed by atoms with Crippen molar-refractivity contribution in [3.63, 3.8) is 0 Å². The van der Waals surface area contributed by atoms with E-state index in [1.54, 1.807) is 24.3 Å². The van der Waals surface area contributed by atoms with Crippen LogP contribution in [0.5, 0.6) is 0 Å². The van der Waals surface area contributed by atoms with Gasteiger partial charge in [-0.2, -0.15) is 0 Å². The molecule has 2 aromatic heterocycles. The molecule has 0 amide bonds. The number of carbonyl (C=O) groups is 2. The van der Waals surface area contributed by atoms with Gasteiger partial charge in [0, 0.05) is 77.9 Å². The summed E-state index contributed by atoms with van der Waals surface area (Å²) in [4.78, 5) is 34.2. The topological polar surface area (TPSA) is 50.5 Å². The van der Waals surface area contributed by atoms with E-state index in [4.69, 9.17) is 0 Å². The Kier molecular flexibility index (Phi) is 11.1. The molecule has 6 nitrogen and oxygen atoms in total. The van der Waals surface area contributed by atoms with Crippen LogP contribution in [0.25, 0.3) is 55.0 Å². The van der Waals surface area contributed by atoms with Crippen molar-refractivity contribution in [1.82, 2.24) is 9.13 Å². The predicted molar refractivity (Wildman–Crippen MR) is 304 cm³/mol. The van der Waals surface area contributed by atoms with Crippen molar-refractivity contribution < 1.29 is 9.59 Å². The van der Waals surface area contributed by atoms with Gasteiger partial charge in [0.05, 0.1) is 33.4 Å². The molecule has 0 atom stereocenters. The molecule has 74 heavy (non-hydrogen) atoms. The van der Waals surface area contributed by atoms with Crippen LogP contribution in [0.4, 0.5) is 34.1 Å². The van der Waals surface area contributed by atoms with Crippen LogP contribution in [0.2, 0.25) is 0 Å². The number of benzene rings is 11. The first-order chi connectivity index (χ1) is 36.6. The average Bonchev–Trinajstić information content (AvgIpc) is 3.99. The highest BCUT2D eigenvalue weighted by molar-refractivity contribution is 6.17. The van der Waals surface area contributed by atoms with E-state index in [0.717, 1.165) is 89.1 Å². The molecule has 2 heterocycles. The summed E-state index contributed by atoms with van der Waals surface area (Å²) >= 11 is 0. The quantitative estimate of drug-likeness (QED) is 0.115. The number of para-hydroxylation sites is 8. The molecule has 0 unspecified atom stereocenters. The summed E-state index contributed by atoms with van der Waals surface area (Å²) in [5.41, 5.74) is 13.9. The second kappa shape index (κ2) is 18.6. The first-order valence-electron chi connectivity index (χ1n) is 24.8. The third kappa shape index (κ3) is 7.61. The summed E-state index contributed by atoms with van der Waals surface area (Å²) in [7, 11) is 0. The van der Waals surface area contributed by atoms with Gasteiger partial charge in [-0.15, -0.1) is 0 Å². The third-order valence-corrected chi connectivity index (χ3v) is 14.1. The van der Waals surface area contributed by atoms with Gasteiger partial charge in [0.15, 0.2) is 11.6 Å². The van der Waals surface area contributed by atoms with Gasteiger partial charge in [0.25, 0.3) is 0 Å². The highest BCUT2D eigenvalue weighted by Crippen LogP contribution is 2.42. The fraction of sp³-hybridized carbons (Fsp3) is 0. The molecule has 6 heteroatoms. The lowest BCUT2D eigenvalue weighted by molar-refractivity contribution is 0.102. The maximum absolute atomic E-state index is 14.8. The zero-order valence-corrected chi connectivity index (χ0v) is 40.2. The second-order valence-corrected chi connectivity index (χ2v) is 18.4. The average molecular weight is 951 g/mol. The van der Waals surface area contributed by atoms with Crippen LogP contribution < -0.4 is 9.80 Å². The van der Waals surface area contributed by atoms with E-state index in [1.807, 2.05) is 84.9 Å². The lowest BCUT2D eigenvalue weighted by atomic mass is 9.97. The number of rotatable bonds is 12. The van der Waals surface area contributed by atoms with Gasteiger partial charge in [0.2, 0.25) is 0 Å². The van der Waals surface area contributed by atoms with E-state index in [9.17, 15) is 9.59 Å². The van der Waals surface area contributed by atoms with Crippen LogP contribution in [0.3, 0.4) is 0 Å². The lowest BCUT2D eigenvalue weighted by Gasteiger charge is -2.25. The maximum atomic E-state index is 14.8. The molecule has 0 spiro atoms. The van der Waals surface area contributed by atoms with Crippen molar-refractivity contribution in [2.24, 2.45) is 0 Å². The minimum atomic E-state index is -0.135.